The van der Waals surface area contributed by atoms with Gasteiger partial charge in [0.15, 0.2) is 5.11 Å². The maximum atomic E-state index is 13.4. The molecule has 1 fully saturated rings. The first-order valence-electron chi connectivity index (χ1n) is 11.4. The summed E-state index contributed by atoms with van der Waals surface area (Å²) in [6.45, 7) is 7.82. The molecule has 0 atom stereocenters. The lowest BCUT2D eigenvalue weighted by molar-refractivity contribution is -0.138. The average Bonchev–Trinajstić information content (AvgIpc) is 2.83. The Labute approximate surface area is 208 Å². The average molecular weight is 513 g/mol. The third kappa shape index (κ3) is 10.6. The van der Waals surface area contributed by atoms with E-state index in [0.717, 1.165) is 50.9 Å². The van der Waals surface area contributed by atoms with Gasteiger partial charge in [0.05, 0.1) is 30.9 Å². The Hall–Kier alpha value is -2.76. The lowest BCUT2D eigenvalue weighted by atomic mass is 10.1. The van der Waals surface area contributed by atoms with Crippen LogP contribution in [0, 0.1) is 6.92 Å². The Kier molecular flexibility index (Phi) is 11.9. The third-order valence-electron chi connectivity index (χ3n) is 4.80. The number of hydrogen-bond acceptors (Lipinski definition) is 6. The van der Waals surface area contributed by atoms with Crippen LogP contribution >= 0.6 is 12.2 Å². The number of nitrogens with one attached hydrogen (secondary N) is 3. The van der Waals surface area contributed by atoms with Gasteiger partial charge in [-0.15, -0.1) is 0 Å². The maximum Gasteiger partial charge on any atom is 0.420 e. The minimum atomic E-state index is -4.59. The molecule has 0 spiro atoms. The van der Waals surface area contributed by atoms with Crippen molar-refractivity contribution in [1.82, 2.24) is 15.6 Å². The molecule has 7 nitrogen and oxygen atoms in total. The van der Waals surface area contributed by atoms with Gasteiger partial charge in [0.25, 0.3) is 5.91 Å². The number of amides is 1. The lowest BCUT2D eigenvalue weighted by Gasteiger charge is -2.16. The number of pyridine rings is 1. The van der Waals surface area contributed by atoms with E-state index >= 15 is 0 Å². The molecule has 3 rings (SSSR count). The van der Waals surface area contributed by atoms with Crippen LogP contribution in [0.3, 0.4) is 0 Å². The number of alkyl halides is 3. The second-order valence-electron chi connectivity index (χ2n) is 7.72. The molecule has 1 aliphatic rings. The van der Waals surface area contributed by atoms with Gasteiger partial charge in [0.2, 0.25) is 0 Å². The van der Waals surface area contributed by atoms with Crippen LogP contribution in [0.15, 0.2) is 36.5 Å². The van der Waals surface area contributed by atoms with E-state index in [9.17, 15) is 18.0 Å². The van der Waals surface area contributed by atoms with Crippen LogP contribution < -0.4 is 20.7 Å². The van der Waals surface area contributed by atoms with E-state index in [2.05, 4.69) is 20.9 Å². The summed E-state index contributed by atoms with van der Waals surface area (Å²) in [5.74, 6) is -0.748. The molecular weight excluding hydrogens is 481 g/mol. The van der Waals surface area contributed by atoms with Crippen LogP contribution in [0.2, 0.25) is 0 Å². The number of aryl methyl sites for hydroxylation is 1. The van der Waals surface area contributed by atoms with Crippen LogP contribution in [0.1, 0.15) is 47.8 Å². The number of halogens is 3. The number of rotatable bonds is 7. The highest BCUT2D eigenvalue weighted by atomic mass is 32.1. The second-order valence-corrected chi connectivity index (χ2v) is 8.13. The molecule has 0 saturated carbocycles. The number of benzene rings is 1. The first kappa shape index (κ1) is 28.5. The van der Waals surface area contributed by atoms with E-state index in [4.69, 9.17) is 21.7 Å². The van der Waals surface area contributed by atoms with Gasteiger partial charge in [-0.3, -0.25) is 15.1 Å². The summed E-state index contributed by atoms with van der Waals surface area (Å²) >= 11 is 5.03. The maximum absolute atomic E-state index is 13.4. The Morgan fingerprint density at radius 3 is 2.49 bits per heavy atom. The van der Waals surface area contributed by atoms with Gasteiger partial charge in [0, 0.05) is 30.7 Å². The van der Waals surface area contributed by atoms with Crippen molar-refractivity contribution in [1.29, 1.82) is 0 Å². The highest BCUT2D eigenvalue weighted by Crippen LogP contribution is 2.38. The molecule has 0 aliphatic carbocycles. The Balaban J connectivity index is 0.000000625. The smallest absolute Gasteiger partial charge is 0.420 e. The summed E-state index contributed by atoms with van der Waals surface area (Å²) in [5, 5.41) is 8.04. The molecule has 1 aliphatic heterocycles. The summed E-state index contributed by atoms with van der Waals surface area (Å²) in [4.78, 5) is 16.1. The number of thiocarbonyl (C=S) groups is 1. The zero-order valence-electron chi connectivity index (χ0n) is 19.8. The fourth-order valence-electron chi connectivity index (χ4n) is 2.94. The number of carbonyl (C=O) groups is 1. The van der Waals surface area contributed by atoms with Crippen molar-refractivity contribution in [2.24, 2.45) is 0 Å². The van der Waals surface area contributed by atoms with E-state index in [-0.39, 0.29) is 28.7 Å². The molecule has 2 aromatic rings. The molecule has 0 radical (unpaired) electrons. The molecule has 1 amide bonds. The summed E-state index contributed by atoms with van der Waals surface area (Å²) in [6, 6.07) is 6.80. The fourth-order valence-corrected chi connectivity index (χ4v) is 3.16. The third-order valence-corrected chi connectivity index (χ3v) is 5.00. The molecule has 1 saturated heterocycles. The SMILES string of the molecule is C1COCCN1.CCCCCOc1ccc(NC(=S)NC(=O)c2ccc(C)nc2)cc1C(F)(F)F. The summed E-state index contributed by atoms with van der Waals surface area (Å²) in [5.41, 5.74) is 0.215. The van der Waals surface area contributed by atoms with Crippen LogP contribution in [-0.2, 0) is 10.9 Å². The minimum absolute atomic E-state index is 0.0885. The quantitative estimate of drug-likeness (QED) is 0.366. The number of ether oxygens (including phenoxy) is 2. The van der Waals surface area contributed by atoms with E-state index in [1.54, 1.807) is 19.1 Å². The lowest BCUT2D eigenvalue weighted by Crippen LogP contribution is -2.34. The van der Waals surface area contributed by atoms with Crippen molar-refractivity contribution in [3.05, 3.63) is 53.3 Å². The van der Waals surface area contributed by atoms with E-state index in [1.807, 2.05) is 6.92 Å². The van der Waals surface area contributed by atoms with E-state index in [1.165, 1.54) is 18.3 Å². The molecule has 2 heterocycles. The van der Waals surface area contributed by atoms with Crippen molar-refractivity contribution in [3.8, 4) is 5.75 Å². The zero-order chi connectivity index (χ0) is 25.7. The number of nitrogens with zero attached hydrogens (tertiary/aromatic N) is 1. The predicted octanol–water partition coefficient (Wildman–Crippen LogP) is 4.71. The van der Waals surface area contributed by atoms with Crippen molar-refractivity contribution in [3.63, 3.8) is 0 Å². The fraction of sp³-hybridized carbons (Fsp3) is 0.458. The molecule has 11 heteroatoms. The first-order valence-corrected chi connectivity index (χ1v) is 11.8. The van der Waals surface area contributed by atoms with Gasteiger partial charge < -0.3 is 20.1 Å². The minimum Gasteiger partial charge on any atom is -0.493 e. The number of carbonyl (C=O) groups excluding carboxylic acids is 1. The van der Waals surface area contributed by atoms with Gasteiger partial charge in [-0.05, 0) is 55.9 Å². The summed E-state index contributed by atoms with van der Waals surface area (Å²) in [6.07, 6.45) is -0.695. The van der Waals surface area contributed by atoms with E-state index in [0.29, 0.717) is 6.42 Å². The van der Waals surface area contributed by atoms with Crippen LogP contribution in [0.5, 0.6) is 5.75 Å². The molecule has 35 heavy (non-hydrogen) atoms. The van der Waals surface area contributed by atoms with E-state index < -0.39 is 17.6 Å². The van der Waals surface area contributed by atoms with Crippen LogP contribution in [0.25, 0.3) is 0 Å². The number of morpholine rings is 1. The zero-order valence-corrected chi connectivity index (χ0v) is 20.7. The second kappa shape index (κ2) is 14.6. The van der Waals surface area contributed by atoms with Gasteiger partial charge in [-0.2, -0.15) is 13.2 Å². The molecular formula is C24H31F3N4O3S. The highest BCUT2D eigenvalue weighted by Gasteiger charge is 2.34. The largest absolute Gasteiger partial charge is 0.493 e. The van der Waals surface area contributed by atoms with Crippen molar-refractivity contribution in [2.45, 2.75) is 39.3 Å². The Morgan fingerprint density at radius 1 is 1.20 bits per heavy atom. The molecule has 3 N–H and O–H groups in total. The highest BCUT2D eigenvalue weighted by molar-refractivity contribution is 7.80. The van der Waals surface area contributed by atoms with Crippen molar-refractivity contribution >= 4 is 28.9 Å². The molecule has 1 aromatic heterocycles. The molecule has 0 bridgehead atoms. The van der Waals surface area contributed by atoms with Gasteiger partial charge >= 0.3 is 6.18 Å². The summed E-state index contributed by atoms with van der Waals surface area (Å²) in [7, 11) is 0. The number of hydrogen-bond donors (Lipinski definition) is 3. The van der Waals surface area contributed by atoms with Gasteiger partial charge in [-0.25, -0.2) is 0 Å². The number of unbranched alkanes of at least 4 members (excludes halogenated alkanes) is 2. The monoisotopic (exact) mass is 512 g/mol. The predicted molar refractivity (Wildman–Crippen MR) is 133 cm³/mol. The number of aromatic nitrogens is 1. The Bertz CT molecular complexity index is 941. The van der Waals surface area contributed by atoms with Crippen LogP contribution in [-0.4, -0.2) is 48.9 Å². The molecule has 1 aromatic carbocycles. The molecule has 0 unspecified atom stereocenters. The first-order chi connectivity index (χ1) is 16.7. The van der Waals surface area contributed by atoms with Gasteiger partial charge in [-0.1, -0.05) is 19.8 Å². The van der Waals surface area contributed by atoms with Crippen molar-refractivity contribution < 1.29 is 27.4 Å². The standard InChI is InChI=1S/C20H22F3N3O2S.C4H9NO/c1-3-4-5-10-28-17-9-8-15(11-16(17)20(21,22)23)25-19(29)26-18(27)14-7-6-13(2)24-12-14;1-3-6-4-2-5-1/h6-9,11-12H,3-5,10H2,1-2H3,(H2,25,26,27,29);5H,1-4H2. The summed E-state index contributed by atoms with van der Waals surface area (Å²) < 4.78 is 50.5. The van der Waals surface area contributed by atoms with Gasteiger partial charge in [0.1, 0.15) is 5.75 Å². The number of anilines is 1. The van der Waals surface area contributed by atoms with Crippen molar-refractivity contribution in [2.75, 3.05) is 38.2 Å². The normalized spacial score (nSPS) is 13.3. The topological polar surface area (TPSA) is 84.5 Å². The van der Waals surface area contributed by atoms with Crippen LogP contribution in [0.4, 0.5) is 18.9 Å². The Morgan fingerprint density at radius 2 is 1.94 bits per heavy atom. The molecule has 192 valence electrons.